The third kappa shape index (κ3) is 3.18. The van der Waals surface area contributed by atoms with Crippen LogP contribution in [0.15, 0.2) is 53.2 Å². The zero-order valence-electron chi connectivity index (χ0n) is 12.5. The molecule has 0 radical (unpaired) electrons. The molecule has 0 aromatic heterocycles. The van der Waals surface area contributed by atoms with E-state index < -0.39 is 10.9 Å². The lowest BCUT2D eigenvalue weighted by molar-refractivity contribution is -0.385. The van der Waals surface area contributed by atoms with Gasteiger partial charge in [0.25, 0.3) is 5.69 Å². The van der Waals surface area contributed by atoms with Crippen LogP contribution in [0.5, 0.6) is 0 Å². The number of cyclic esters (lactones) is 1. The highest BCUT2D eigenvalue weighted by atomic mass is 35.5. The Balaban J connectivity index is 1.96. The van der Waals surface area contributed by atoms with E-state index in [9.17, 15) is 14.9 Å². The number of hydrogen-bond acceptors (Lipinski definition) is 5. The van der Waals surface area contributed by atoms with Gasteiger partial charge in [-0.05, 0) is 36.8 Å². The highest BCUT2D eigenvalue weighted by molar-refractivity contribution is 6.30. The molecule has 2 aromatic rings. The van der Waals surface area contributed by atoms with Crippen LogP contribution in [0.4, 0.5) is 5.69 Å². The Labute approximate surface area is 142 Å². The summed E-state index contributed by atoms with van der Waals surface area (Å²) in [6, 6.07) is 11.4. The summed E-state index contributed by atoms with van der Waals surface area (Å²) in [7, 11) is 0. The van der Waals surface area contributed by atoms with E-state index in [1.165, 1.54) is 6.07 Å². The molecule has 0 N–H and O–H groups in total. The van der Waals surface area contributed by atoms with E-state index in [1.807, 2.05) is 0 Å². The Kier molecular flexibility index (Phi) is 4.14. The second kappa shape index (κ2) is 6.25. The molecule has 0 bridgehead atoms. The van der Waals surface area contributed by atoms with Crippen molar-refractivity contribution in [1.82, 2.24) is 0 Å². The minimum atomic E-state index is -0.608. The summed E-state index contributed by atoms with van der Waals surface area (Å²) in [5.74, 6) is -0.563. The standard InChI is InChI=1S/C17H11ClN2O4/c1-10-2-5-12(9-15(10)20(22)23)16-19-14(17(21)24-16)8-11-3-6-13(18)7-4-11/h2-9H,1H3/b14-8-. The number of carbonyl (C=O) groups is 1. The second-order valence-corrected chi connectivity index (χ2v) is 5.58. The Morgan fingerprint density at radius 2 is 1.92 bits per heavy atom. The Hall–Kier alpha value is -2.99. The van der Waals surface area contributed by atoms with Crippen LogP contribution >= 0.6 is 11.6 Å². The summed E-state index contributed by atoms with van der Waals surface area (Å²) in [5, 5.41) is 11.6. The minimum absolute atomic E-state index is 0.0447. The molecule has 1 aliphatic rings. The first-order valence-electron chi connectivity index (χ1n) is 6.97. The number of rotatable bonds is 3. The molecule has 24 heavy (non-hydrogen) atoms. The highest BCUT2D eigenvalue weighted by Gasteiger charge is 2.25. The number of aryl methyl sites for hydroxylation is 1. The lowest BCUT2D eigenvalue weighted by Crippen LogP contribution is -2.06. The summed E-state index contributed by atoms with van der Waals surface area (Å²) in [5.41, 5.74) is 1.70. The first kappa shape index (κ1) is 15.9. The van der Waals surface area contributed by atoms with Crippen LogP contribution in [0.2, 0.25) is 5.02 Å². The van der Waals surface area contributed by atoms with Crippen molar-refractivity contribution in [1.29, 1.82) is 0 Å². The van der Waals surface area contributed by atoms with Gasteiger partial charge in [0.2, 0.25) is 5.90 Å². The molecule has 120 valence electrons. The van der Waals surface area contributed by atoms with Crippen molar-refractivity contribution in [3.8, 4) is 0 Å². The molecule has 0 spiro atoms. The number of nitro groups is 1. The van der Waals surface area contributed by atoms with E-state index in [2.05, 4.69) is 4.99 Å². The van der Waals surface area contributed by atoms with Gasteiger partial charge in [0.1, 0.15) is 0 Å². The number of ether oxygens (including phenoxy) is 1. The van der Waals surface area contributed by atoms with E-state index >= 15 is 0 Å². The van der Waals surface area contributed by atoms with Gasteiger partial charge in [-0.25, -0.2) is 9.79 Å². The van der Waals surface area contributed by atoms with E-state index in [0.717, 1.165) is 5.56 Å². The lowest BCUT2D eigenvalue weighted by atomic mass is 10.1. The Bertz CT molecular complexity index is 901. The largest absolute Gasteiger partial charge is 0.402 e. The number of hydrogen-bond donors (Lipinski definition) is 0. The van der Waals surface area contributed by atoms with Crippen LogP contribution in [-0.4, -0.2) is 16.8 Å². The third-order valence-corrected chi connectivity index (χ3v) is 3.70. The zero-order chi connectivity index (χ0) is 17.3. The molecule has 2 aromatic carbocycles. The molecule has 1 heterocycles. The molecule has 6 nitrogen and oxygen atoms in total. The number of halogens is 1. The van der Waals surface area contributed by atoms with Gasteiger partial charge in [0.05, 0.1) is 4.92 Å². The van der Waals surface area contributed by atoms with Crippen LogP contribution in [0.25, 0.3) is 6.08 Å². The van der Waals surface area contributed by atoms with E-state index in [1.54, 1.807) is 49.4 Å². The maximum absolute atomic E-state index is 12.0. The average Bonchev–Trinajstić information content (AvgIpc) is 2.90. The van der Waals surface area contributed by atoms with Gasteiger partial charge in [0, 0.05) is 22.2 Å². The summed E-state index contributed by atoms with van der Waals surface area (Å²) >= 11 is 5.82. The minimum Gasteiger partial charge on any atom is -0.402 e. The molecule has 0 atom stereocenters. The van der Waals surface area contributed by atoms with Crippen molar-refractivity contribution >= 4 is 35.2 Å². The second-order valence-electron chi connectivity index (χ2n) is 5.15. The molecular formula is C17H11ClN2O4. The topological polar surface area (TPSA) is 81.8 Å². The Morgan fingerprint density at radius 1 is 1.21 bits per heavy atom. The van der Waals surface area contributed by atoms with Crippen LogP contribution in [-0.2, 0) is 9.53 Å². The third-order valence-electron chi connectivity index (χ3n) is 3.45. The molecule has 0 saturated heterocycles. The molecule has 0 unspecified atom stereocenters. The van der Waals surface area contributed by atoms with Crippen molar-refractivity contribution in [3.05, 3.63) is 80.0 Å². The molecule has 3 rings (SSSR count). The van der Waals surface area contributed by atoms with Crippen molar-refractivity contribution in [3.63, 3.8) is 0 Å². The highest BCUT2D eigenvalue weighted by Crippen LogP contribution is 2.24. The van der Waals surface area contributed by atoms with Crippen molar-refractivity contribution in [2.24, 2.45) is 4.99 Å². The predicted octanol–water partition coefficient (Wildman–Crippen LogP) is 3.90. The first-order chi connectivity index (χ1) is 11.4. The number of esters is 1. The number of nitro benzene ring substituents is 1. The number of carbonyl (C=O) groups excluding carboxylic acids is 1. The summed E-state index contributed by atoms with van der Waals surface area (Å²) in [6.07, 6.45) is 1.56. The van der Waals surface area contributed by atoms with Gasteiger partial charge >= 0.3 is 5.97 Å². The fourth-order valence-electron chi connectivity index (χ4n) is 2.19. The van der Waals surface area contributed by atoms with Crippen LogP contribution in [0.1, 0.15) is 16.7 Å². The number of benzene rings is 2. The number of nitrogens with zero attached hydrogens (tertiary/aromatic N) is 2. The van der Waals surface area contributed by atoms with Gasteiger partial charge in [-0.2, -0.15) is 0 Å². The number of aliphatic imine (C=N–C) groups is 1. The first-order valence-corrected chi connectivity index (χ1v) is 7.35. The van der Waals surface area contributed by atoms with Crippen molar-refractivity contribution < 1.29 is 14.5 Å². The van der Waals surface area contributed by atoms with Crippen LogP contribution in [0, 0.1) is 17.0 Å². The fourth-order valence-corrected chi connectivity index (χ4v) is 2.31. The molecule has 0 fully saturated rings. The molecule has 1 aliphatic heterocycles. The normalized spacial score (nSPS) is 15.3. The monoisotopic (exact) mass is 342 g/mol. The zero-order valence-corrected chi connectivity index (χ0v) is 13.3. The lowest BCUT2D eigenvalue weighted by Gasteiger charge is -2.01. The molecule has 7 heteroatoms. The quantitative estimate of drug-likeness (QED) is 0.366. The van der Waals surface area contributed by atoms with Gasteiger partial charge in [-0.3, -0.25) is 10.1 Å². The Morgan fingerprint density at radius 3 is 2.58 bits per heavy atom. The molecule has 0 saturated carbocycles. The van der Waals surface area contributed by atoms with E-state index in [4.69, 9.17) is 16.3 Å². The predicted molar refractivity (Wildman–Crippen MR) is 89.9 cm³/mol. The van der Waals surface area contributed by atoms with Crippen molar-refractivity contribution in [2.45, 2.75) is 6.92 Å². The molecule has 0 aliphatic carbocycles. The summed E-state index contributed by atoms with van der Waals surface area (Å²) in [4.78, 5) is 26.6. The van der Waals surface area contributed by atoms with Gasteiger partial charge in [0.15, 0.2) is 5.70 Å². The van der Waals surface area contributed by atoms with Crippen LogP contribution in [0.3, 0.4) is 0 Å². The smallest absolute Gasteiger partial charge is 0.363 e. The van der Waals surface area contributed by atoms with E-state index in [0.29, 0.717) is 16.1 Å². The summed E-state index contributed by atoms with van der Waals surface area (Å²) < 4.78 is 5.12. The van der Waals surface area contributed by atoms with Gasteiger partial charge in [-0.15, -0.1) is 0 Å². The molecular weight excluding hydrogens is 332 g/mol. The maximum atomic E-state index is 12.0. The fraction of sp³-hybridized carbons (Fsp3) is 0.0588. The van der Waals surface area contributed by atoms with Gasteiger partial charge < -0.3 is 4.74 Å². The van der Waals surface area contributed by atoms with Gasteiger partial charge in [-0.1, -0.05) is 29.8 Å². The maximum Gasteiger partial charge on any atom is 0.363 e. The molecule has 0 amide bonds. The van der Waals surface area contributed by atoms with E-state index in [-0.39, 0.29) is 17.3 Å². The van der Waals surface area contributed by atoms with Crippen molar-refractivity contribution in [2.75, 3.05) is 0 Å². The summed E-state index contributed by atoms with van der Waals surface area (Å²) in [6.45, 7) is 1.64. The SMILES string of the molecule is Cc1ccc(C2=N/C(=C\c3ccc(Cl)cc3)C(=O)O2)cc1[N+](=O)[O-]. The average molecular weight is 343 g/mol. The van der Waals surface area contributed by atoms with Crippen LogP contribution < -0.4 is 0 Å².